The maximum absolute atomic E-state index is 12.4. The molecule has 1 amide bonds. The van der Waals surface area contributed by atoms with Gasteiger partial charge in [-0.2, -0.15) is 13.2 Å². The number of anilines is 1. The lowest BCUT2D eigenvalue weighted by Crippen LogP contribution is -2.54. The summed E-state index contributed by atoms with van der Waals surface area (Å²) in [6, 6.07) is 2.59. The Kier molecular flexibility index (Phi) is 11.4. The third-order valence-electron chi connectivity index (χ3n) is 3.77. The fraction of sp³-hybridized carbons (Fsp3) is 0.625. The predicted octanol–water partition coefficient (Wildman–Crippen LogP) is 2.68. The maximum Gasteiger partial charge on any atom is 0.458 e. The molecule has 1 atom stereocenters. The number of hydrogen-bond acceptors (Lipinski definition) is 6. The number of carboxylic acid groups (broad SMARTS) is 1. The lowest BCUT2D eigenvalue weighted by atomic mass is 10.1. The van der Waals surface area contributed by atoms with Crippen LogP contribution in [-0.4, -0.2) is 46.2 Å². The number of nitrogens with two attached hydrogens (primary N) is 1. The van der Waals surface area contributed by atoms with Gasteiger partial charge in [-0.15, -0.1) is 22.6 Å². The Balaban J connectivity index is 0.000000786. The lowest BCUT2D eigenvalue weighted by molar-refractivity contribution is -0.165. The summed E-state index contributed by atoms with van der Waals surface area (Å²) in [6.45, 7) is 2.44. The second kappa shape index (κ2) is 12.3. The topological polar surface area (TPSA) is 121 Å². The molecule has 28 heavy (non-hydrogen) atoms. The van der Waals surface area contributed by atoms with E-state index in [1.807, 2.05) is 6.92 Å². The number of primary amides is 1. The number of carbonyl (C=O) groups excluding carboxylic acids is 1. The van der Waals surface area contributed by atoms with Crippen LogP contribution in [0.3, 0.4) is 0 Å². The fourth-order valence-corrected chi connectivity index (χ4v) is 2.49. The monoisotopic (exact) mass is 427 g/mol. The molecule has 1 unspecified atom stereocenters. The molecule has 0 aliphatic carbocycles. The minimum Gasteiger partial charge on any atom is -0.476 e. The number of carbonyl (C=O) groups is 2. The highest BCUT2D eigenvalue weighted by Gasteiger charge is 2.35. The Morgan fingerprint density at radius 1 is 1.32 bits per heavy atom. The molecule has 1 aliphatic rings. The first-order valence-corrected chi connectivity index (χ1v) is 8.60. The minimum absolute atomic E-state index is 0. The Labute approximate surface area is 167 Å². The van der Waals surface area contributed by atoms with Crippen molar-refractivity contribution in [3.05, 3.63) is 17.8 Å². The van der Waals surface area contributed by atoms with Crippen LogP contribution in [0.2, 0.25) is 0 Å². The number of rotatable bonds is 6. The van der Waals surface area contributed by atoms with Crippen molar-refractivity contribution in [3.8, 4) is 0 Å². The van der Waals surface area contributed by atoms with Gasteiger partial charge in [0.15, 0.2) is 11.5 Å². The van der Waals surface area contributed by atoms with Crippen LogP contribution in [0, 0.1) is 0 Å². The largest absolute Gasteiger partial charge is 0.476 e. The van der Waals surface area contributed by atoms with Crippen LogP contribution in [0.4, 0.5) is 19.0 Å². The highest BCUT2D eigenvalue weighted by atomic mass is 35.5. The second-order valence-electron chi connectivity index (χ2n) is 6.00. The molecule has 0 bridgehead atoms. The molecule has 2 heterocycles. The van der Waals surface area contributed by atoms with Crippen molar-refractivity contribution < 1.29 is 27.9 Å². The van der Waals surface area contributed by atoms with Crippen LogP contribution in [0.15, 0.2) is 12.1 Å². The van der Waals surface area contributed by atoms with Gasteiger partial charge in [-0.05, 0) is 37.8 Å². The molecule has 160 valence electrons. The van der Waals surface area contributed by atoms with Gasteiger partial charge in [0.25, 0.3) is 0 Å². The number of piperidine rings is 1. The maximum atomic E-state index is 12.4. The van der Waals surface area contributed by atoms with Crippen LogP contribution < -0.4 is 16.0 Å². The van der Waals surface area contributed by atoms with Gasteiger partial charge in [0.2, 0.25) is 5.91 Å². The summed E-state index contributed by atoms with van der Waals surface area (Å²) < 4.78 is 37.3. The Morgan fingerprint density at radius 2 is 2.00 bits per heavy atom. The number of carboxylic acids is 1. The van der Waals surface area contributed by atoms with E-state index in [1.165, 1.54) is 17.0 Å². The summed E-state index contributed by atoms with van der Waals surface area (Å²) in [5.41, 5.74) is 4.60. The van der Waals surface area contributed by atoms with Crippen LogP contribution in [-0.2, 0) is 4.79 Å². The molecule has 1 aliphatic heterocycles. The summed E-state index contributed by atoms with van der Waals surface area (Å²) in [4.78, 5) is 22.1. The van der Waals surface area contributed by atoms with Crippen molar-refractivity contribution in [1.29, 1.82) is 0 Å². The van der Waals surface area contributed by atoms with Gasteiger partial charge in [0, 0.05) is 13.0 Å². The standard InChI is InChI=1S/C11H13F3N4O2.C5H11NO.ClH/c12-11(13,14)15-8-3-1-2-6-18(8)9-5-4-7(10(19)20)16-17-9;1-2-3-4-5(6)7;/h4-5,8,15H,1-3,6H2,(H,19,20);2-4H2,1H3,(H2,6,7);1H. The van der Waals surface area contributed by atoms with Crippen molar-refractivity contribution >= 4 is 30.1 Å². The molecular formula is C16H25ClF3N5O3. The SMILES string of the molecule is CCCCC(N)=O.Cl.O=C(O)c1ccc(N2CCCCC2NC(F)(F)F)nn1. The number of aromatic nitrogens is 2. The van der Waals surface area contributed by atoms with Gasteiger partial charge in [-0.3, -0.25) is 4.79 Å². The molecule has 2 rings (SSSR count). The number of halogens is 4. The van der Waals surface area contributed by atoms with E-state index in [0.29, 0.717) is 25.8 Å². The summed E-state index contributed by atoms with van der Waals surface area (Å²) >= 11 is 0. The molecule has 0 spiro atoms. The van der Waals surface area contributed by atoms with Gasteiger partial charge in [-0.25, -0.2) is 10.1 Å². The van der Waals surface area contributed by atoms with E-state index in [2.05, 4.69) is 10.2 Å². The van der Waals surface area contributed by atoms with Crippen LogP contribution in [0.1, 0.15) is 55.9 Å². The average Bonchev–Trinajstić information content (AvgIpc) is 2.59. The molecule has 12 heteroatoms. The van der Waals surface area contributed by atoms with E-state index < -0.39 is 18.4 Å². The van der Waals surface area contributed by atoms with Gasteiger partial charge in [0.1, 0.15) is 0 Å². The highest BCUT2D eigenvalue weighted by Crippen LogP contribution is 2.24. The molecular weight excluding hydrogens is 403 g/mol. The average molecular weight is 428 g/mol. The predicted molar refractivity (Wildman–Crippen MR) is 99.1 cm³/mol. The van der Waals surface area contributed by atoms with Gasteiger partial charge in [0.05, 0.1) is 6.17 Å². The number of aromatic carboxylic acids is 1. The number of hydrogen-bond donors (Lipinski definition) is 3. The molecule has 1 aromatic heterocycles. The quantitative estimate of drug-likeness (QED) is 0.596. The van der Waals surface area contributed by atoms with Crippen molar-refractivity contribution in [2.24, 2.45) is 5.73 Å². The number of nitrogens with zero attached hydrogens (tertiary/aromatic N) is 3. The first-order valence-electron chi connectivity index (χ1n) is 8.60. The minimum atomic E-state index is -4.48. The third kappa shape index (κ3) is 9.70. The summed E-state index contributed by atoms with van der Waals surface area (Å²) in [5, 5.41) is 17.5. The number of amides is 1. The molecule has 4 N–H and O–H groups in total. The van der Waals surface area contributed by atoms with Gasteiger partial charge in [-0.1, -0.05) is 13.3 Å². The highest BCUT2D eigenvalue weighted by molar-refractivity contribution is 5.85. The molecule has 8 nitrogen and oxygen atoms in total. The normalized spacial score (nSPS) is 16.4. The van der Waals surface area contributed by atoms with Crippen LogP contribution in [0.5, 0.6) is 0 Å². The van der Waals surface area contributed by atoms with Crippen LogP contribution in [0.25, 0.3) is 0 Å². The third-order valence-corrected chi connectivity index (χ3v) is 3.77. The number of nitrogens with one attached hydrogen (secondary N) is 1. The van der Waals surface area contributed by atoms with Gasteiger partial charge < -0.3 is 15.7 Å². The van der Waals surface area contributed by atoms with Crippen molar-refractivity contribution in [2.45, 2.75) is 57.9 Å². The van der Waals surface area contributed by atoms with Crippen molar-refractivity contribution in [2.75, 3.05) is 11.4 Å². The molecule has 1 saturated heterocycles. The molecule has 1 fully saturated rings. The molecule has 0 saturated carbocycles. The zero-order chi connectivity index (χ0) is 20.4. The molecule has 1 aromatic rings. The molecule has 0 radical (unpaired) electrons. The number of alkyl halides is 3. The Morgan fingerprint density at radius 3 is 2.43 bits per heavy atom. The Bertz CT molecular complexity index is 617. The van der Waals surface area contributed by atoms with E-state index >= 15 is 0 Å². The van der Waals surface area contributed by atoms with E-state index in [4.69, 9.17) is 10.8 Å². The Hall–Kier alpha value is -2.14. The van der Waals surface area contributed by atoms with Crippen molar-refractivity contribution in [3.63, 3.8) is 0 Å². The zero-order valence-corrected chi connectivity index (χ0v) is 16.2. The van der Waals surface area contributed by atoms with Crippen molar-refractivity contribution in [1.82, 2.24) is 15.5 Å². The number of unbranched alkanes of at least 4 members (excludes halogenated alkanes) is 1. The molecule has 0 aromatic carbocycles. The zero-order valence-electron chi connectivity index (χ0n) is 15.4. The summed E-state index contributed by atoms with van der Waals surface area (Å²) in [7, 11) is 0. The fourth-order valence-electron chi connectivity index (χ4n) is 2.49. The first-order chi connectivity index (χ1) is 12.6. The smallest absolute Gasteiger partial charge is 0.458 e. The van der Waals surface area contributed by atoms with E-state index in [1.54, 1.807) is 5.32 Å². The van der Waals surface area contributed by atoms with Crippen LogP contribution >= 0.6 is 12.4 Å². The van der Waals surface area contributed by atoms with Gasteiger partial charge >= 0.3 is 12.3 Å². The second-order valence-corrected chi connectivity index (χ2v) is 6.00. The summed E-state index contributed by atoms with van der Waals surface area (Å²) in [5.74, 6) is -1.19. The van der Waals surface area contributed by atoms with E-state index in [-0.39, 0.29) is 29.8 Å². The lowest BCUT2D eigenvalue weighted by Gasteiger charge is -2.37. The summed E-state index contributed by atoms with van der Waals surface area (Å²) in [6.07, 6.45) is -1.11. The van der Waals surface area contributed by atoms with E-state index in [0.717, 1.165) is 19.3 Å². The first kappa shape index (κ1) is 25.9. The van der Waals surface area contributed by atoms with E-state index in [9.17, 15) is 22.8 Å².